The van der Waals surface area contributed by atoms with E-state index in [0.717, 1.165) is 24.2 Å². The van der Waals surface area contributed by atoms with Gasteiger partial charge in [0.2, 0.25) is 0 Å². The quantitative estimate of drug-likeness (QED) is 0.727. The average molecular weight is 195 g/mol. The van der Waals surface area contributed by atoms with Gasteiger partial charge in [0, 0.05) is 5.70 Å². The highest BCUT2D eigenvalue weighted by molar-refractivity contribution is 5.19. The minimum absolute atomic E-state index is 0.781. The summed E-state index contributed by atoms with van der Waals surface area (Å²) in [4.78, 5) is 0. The molecule has 0 aliphatic heterocycles. The SMILES string of the molecule is CCC(C)CC1=C(N)CC(C(C)C)C1. The Morgan fingerprint density at radius 2 is 1.93 bits per heavy atom. The predicted octanol–water partition coefficient (Wildman–Crippen LogP) is 3.70. The van der Waals surface area contributed by atoms with Crippen molar-refractivity contribution in [3.63, 3.8) is 0 Å². The number of nitrogens with two attached hydrogens (primary N) is 1. The molecule has 14 heavy (non-hydrogen) atoms. The van der Waals surface area contributed by atoms with Gasteiger partial charge in [-0.25, -0.2) is 0 Å². The van der Waals surface area contributed by atoms with Gasteiger partial charge < -0.3 is 5.73 Å². The molecule has 1 heteroatoms. The van der Waals surface area contributed by atoms with Gasteiger partial charge in [0.05, 0.1) is 0 Å². The Kier molecular flexibility index (Phi) is 4.03. The van der Waals surface area contributed by atoms with E-state index in [-0.39, 0.29) is 0 Å². The summed E-state index contributed by atoms with van der Waals surface area (Å²) < 4.78 is 0. The third kappa shape index (κ3) is 2.76. The van der Waals surface area contributed by atoms with Gasteiger partial charge >= 0.3 is 0 Å². The summed E-state index contributed by atoms with van der Waals surface area (Å²) in [5, 5.41) is 0. The largest absolute Gasteiger partial charge is 0.402 e. The molecule has 2 atom stereocenters. The van der Waals surface area contributed by atoms with Crippen molar-refractivity contribution in [2.45, 2.75) is 53.4 Å². The fraction of sp³-hybridized carbons (Fsp3) is 0.846. The van der Waals surface area contributed by atoms with Crippen molar-refractivity contribution < 1.29 is 0 Å². The van der Waals surface area contributed by atoms with Crippen molar-refractivity contribution in [3.05, 3.63) is 11.3 Å². The second kappa shape index (κ2) is 4.86. The van der Waals surface area contributed by atoms with Crippen LogP contribution < -0.4 is 5.73 Å². The topological polar surface area (TPSA) is 26.0 Å². The first-order chi connectivity index (χ1) is 6.54. The standard InChI is InChI=1S/C13H25N/c1-5-10(4)6-12-7-11(9(2)3)8-13(12)14/h9-11H,5-8,14H2,1-4H3. The third-order valence-electron chi connectivity index (χ3n) is 3.68. The van der Waals surface area contributed by atoms with Crippen LogP contribution in [0, 0.1) is 17.8 Å². The summed E-state index contributed by atoms with van der Waals surface area (Å²) in [5.41, 5.74) is 8.84. The van der Waals surface area contributed by atoms with Crippen LogP contribution in [0.3, 0.4) is 0 Å². The maximum Gasteiger partial charge on any atom is 0.00755 e. The molecule has 1 rings (SSSR count). The molecular formula is C13H25N. The van der Waals surface area contributed by atoms with E-state index in [4.69, 9.17) is 5.73 Å². The summed E-state index contributed by atoms with van der Waals surface area (Å²) in [6.45, 7) is 9.20. The van der Waals surface area contributed by atoms with Crippen LogP contribution in [0.2, 0.25) is 0 Å². The molecule has 1 aliphatic carbocycles. The van der Waals surface area contributed by atoms with Gasteiger partial charge in [0.1, 0.15) is 0 Å². The molecule has 0 amide bonds. The molecule has 0 fully saturated rings. The number of hydrogen-bond acceptors (Lipinski definition) is 1. The zero-order valence-electron chi connectivity index (χ0n) is 10.1. The highest BCUT2D eigenvalue weighted by atomic mass is 14.6. The minimum Gasteiger partial charge on any atom is -0.402 e. The smallest absolute Gasteiger partial charge is 0.00755 e. The lowest BCUT2D eigenvalue weighted by Crippen LogP contribution is -2.05. The van der Waals surface area contributed by atoms with Crippen molar-refractivity contribution >= 4 is 0 Å². The molecule has 0 aromatic rings. The Morgan fingerprint density at radius 3 is 2.36 bits per heavy atom. The molecule has 0 bridgehead atoms. The van der Waals surface area contributed by atoms with Gasteiger partial charge in [-0.05, 0) is 37.0 Å². The van der Waals surface area contributed by atoms with Crippen LogP contribution in [-0.2, 0) is 0 Å². The zero-order valence-corrected chi connectivity index (χ0v) is 10.1. The van der Waals surface area contributed by atoms with Gasteiger partial charge in [-0.3, -0.25) is 0 Å². The van der Waals surface area contributed by atoms with E-state index in [1.54, 1.807) is 5.57 Å². The fourth-order valence-corrected chi connectivity index (χ4v) is 2.20. The Bertz CT molecular complexity index is 215. The predicted molar refractivity (Wildman–Crippen MR) is 62.8 cm³/mol. The van der Waals surface area contributed by atoms with Gasteiger partial charge in [-0.2, -0.15) is 0 Å². The molecular weight excluding hydrogens is 170 g/mol. The summed E-state index contributed by atoms with van der Waals surface area (Å²) in [6.07, 6.45) is 4.89. The summed E-state index contributed by atoms with van der Waals surface area (Å²) >= 11 is 0. The van der Waals surface area contributed by atoms with E-state index < -0.39 is 0 Å². The molecule has 0 heterocycles. The molecule has 2 N–H and O–H groups in total. The van der Waals surface area contributed by atoms with Gasteiger partial charge in [0.25, 0.3) is 0 Å². The minimum atomic E-state index is 0.781. The van der Waals surface area contributed by atoms with E-state index in [2.05, 4.69) is 27.7 Å². The first kappa shape index (κ1) is 11.6. The molecule has 0 aromatic carbocycles. The molecule has 1 nitrogen and oxygen atoms in total. The van der Waals surface area contributed by atoms with E-state index in [1.165, 1.54) is 25.0 Å². The molecule has 0 saturated heterocycles. The molecule has 0 radical (unpaired) electrons. The number of hydrogen-bond donors (Lipinski definition) is 1. The summed E-state index contributed by atoms with van der Waals surface area (Å²) in [5.74, 6) is 2.39. The van der Waals surface area contributed by atoms with E-state index in [0.29, 0.717) is 0 Å². The molecule has 0 saturated carbocycles. The molecule has 0 spiro atoms. The van der Waals surface area contributed by atoms with Crippen LogP contribution in [-0.4, -0.2) is 0 Å². The molecule has 2 unspecified atom stereocenters. The maximum absolute atomic E-state index is 6.09. The van der Waals surface area contributed by atoms with E-state index >= 15 is 0 Å². The van der Waals surface area contributed by atoms with Crippen LogP contribution in [0.4, 0.5) is 0 Å². The Morgan fingerprint density at radius 1 is 1.29 bits per heavy atom. The van der Waals surface area contributed by atoms with E-state index in [1.807, 2.05) is 0 Å². The van der Waals surface area contributed by atoms with Crippen LogP contribution in [0.1, 0.15) is 53.4 Å². The first-order valence-corrected chi connectivity index (χ1v) is 6.00. The zero-order chi connectivity index (χ0) is 10.7. The highest BCUT2D eigenvalue weighted by Gasteiger charge is 2.25. The lowest BCUT2D eigenvalue weighted by atomic mass is 9.90. The lowest BCUT2D eigenvalue weighted by Gasteiger charge is -2.15. The Balaban J connectivity index is 2.50. The summed E-state index contributed by atoms with van der Waals surface area (Å²) in [7, 11) is 0. The van der Waals surface area contributed by atoms with Crippen LogP contribution >= 0.6 is 0 Å². The van der Waals surface area contributed by atoms with Gasteiger partial charge in [-0.15, -0.1) is 0 Å². The van der Waals surface area contributed by atoms with Gasteiger partial charge in [0.15, 0.2) is 0 Å². The van der Waals surface area contributed by atoms with E-state index in [9.17, 15) is 0 Å². The number of rotatable bonds is 4. The first-order valence-electron chi connectivity index (χ1n) is 6.00. The lowest BCUT2D eigenvalue weighted by molar-refractivity contribution is 0.395. The van der Waals surface area contributed by atoms with Crippen LogP contribution in [0.15, 0.2) is 11.3 Å². The second-order valence-corrected chi connectivity index (χ2v) is 5.26. The highest BCUT2D eigenvalue weighted by Crippen LogP contribution is 2.36. The Hall–Kier alpha value is -0.460. The summed E-state index contributed by atoms with van der Waals surface area (Å²) in [6, 6.07) is 0. The van der Waals surface area contributed by atoms with Gasteiger partial charge in [-0.1, -0.05) is 39.7 Å². The van der Waals surface area contributed by atoms with Crippen molar-refractivity contribution in [1.82, 2.24) is 0 Å². The van der Waals surface area contributed by atoms with Crippen molar-refractivity contribution in [2.24, 2.45) is 23.5 Å². The molecule has 82 valence electrons. The number of allylic oxidation sites excluding steroid dienone is 2. The second-order valence-electron chi connectivity index (χ2n) is 5.26. The Labute approximate surface area is 88.8 Å². The monoisotopic (exact) mass is 195 g/mol. The van der Waals surface area contributed by atoms with Crippen molar-refractivity contribution in [2.75, 3.05) is 0 Å². The maximum atomic E-state index is 6.09. The average Bonchev–Trinajstić information content (AvgIpc) is 2.48. The van der Waals surface area contributed by atoms with Crippen LogP contribution in [0.5, 0.6) is 0 Å². The fourth-order valence-electron chi connectivity index (χ4n) is 2.20. The molecule has 0 aromatic heterocycles. The van der Waals surface area contributed by atoms with Crippen LogP contribution in [0.25, 0.3) is 0 Å². The molecule has 1 aliphatic rings. The van der Waals surface area contributed by atoms with Crippen molar-refractivity contribution in [1.29, 1.82) is 0 Å². The third-order valence-corrected chi connectivity index (χ3v) is 3.68. The van der Waals surface area contributed by atoms with Crippen molar-refractivity contribution in [3.8, 4) is 0 Å². The normalized spacial score (nSPS) is 24.8.